The zero-order chi connectivity index (χ0) is 14.6. The molecule has 112 valence electrons. The SMILES string of the molecule is CC(C)[C@@H]1CC[C@@H](C)C[C@H]1[P@@]1(=O)CC(C)(C)C1(C)C. The molecule has 19 heavy (non-hydrogen) atoms. The zero-order valence-corrected chi connectivity index (χ0v) is 14.9. The highest BCUT2D eigenvalue weighted by atomic mass is 31.2. The molecule has 1 aliphatic carbocycles. The lowest BCUT2D eigenvalue weighted by Gasteiger charge is -2.63. The minimum absolute atomic E-state index is 0.0366. The Morgan fingerprint density at radius 3 is 2.11 bits per heavy atom. The summed E-state index contributed by atoms with van der Waals surface area (Å²) in [5.41, 5.74) is 0.754. The minimum atomic E-state index is -2.04. The van der Waals surface area contributed by atoms with E-state index in [0.717, 1.165) is 12.1 Å². The largest absolute Gasteiger partial charge is 0.323 e. The second-order valence-electron chi connectivity index (χ2n) is 8.79. The van der Waals surface area contributed by atoms with Gasteiger partial charge in [0.15, 0.2) is 0 Å². The van der Waals surface area contributed by atoms with Crippen molar-refractivity contribution in [3.05, 3.63) is 0 Å². The van der Waals surface area contributed by atoms with Gasteiger partial charge in [-0.1, -0.05) is 54.9 Å². The quantitative estimate of drug-likeness (QED) is 0.601. The van der Waals surface area contributed by atoms with Crippen molar-refractivity contribution in [3.63, 3.8) is 0 Å². The molecule has 0 spiro atoms. The Kier molecular flexibility index (Phi) is 3.80. The topological polar surface area (TPSA) is 17.1 Å². The molecule has 0 bridgehead atoms. The molecule has 2 rings (SSSR count). The summed E-state index contributed by atoms with van der Waals surface area (Å²) in [5, 5.41) is 0.0366. The molecule has 0 aromatic heterocycles. The van der Waals surface area contributed by atoms with Crippen LogP contribution in [0, 0.1) is 23.2 Å². The first-order valence-corrected chi connectivity index (χ1v) is 10.1. The van der Waals surface area contributed by atoms with Crippen molar-refractivity contribution in [2.24, 2.45) is 23.2 Å². The molecular formula is C17H33OP. The second kappa shape index (κ2) is 4.62. The van der Waals surface area contributed by atoms with Crippen LogP contribution in [0.25, 0.3) is 0 Å². The van der Waals surface area contributed by atoms with Gasteiger partial charge in [0.1, 0.15) is 0 Å². The van der Waals surface area contributed by atoms with E-state index >= 15 is 0 Å². The molecular weight excluding hydrogens is 251 g/mol. The fraction of sp³-hybridized carbons (Fsp3) is 1.00. The average molecular weight is 284 g/mol. The molecule has 0 amide bonds. The van der Waals surface area contributed by atoms with Crippen molar-refractivity contribution in [3.8, 4) is 0 Å². The van der Waals surface area contributed by atoms with Gasteiger partial charge in [0.2, 0.25) is 0 Å². The Hall–Kier alpha value is 0.230. The van der Waals surface area contributed by atoms with Gasteiger partial charge in [-0.3, -0.25) is 0 Å². The van der Waals surface area contributed by atoms with Crippen LogP contribution in [0.2, 0.25) is 0 Å². The lowest BCUT2D eigenvalue weighted by atomic mass is 9.77. The predicted molar refractivity (Wildman–Crippen MR) is 85.5 cm³/mol. The molecule has 0 aromatic rings. The van der Waals surface area contributed by atoms with Crippen LogP contribution in [0.15, 0.2) is 0 Å². The van der Waals surface area contributed by atoms with Gasteiger partial charge in [0, 0.05) is 17.0 Å². The molecule has 2 fully saturated rings. The highest BCUT2D eigenvalue weighted by Crippen LogP contribution is 2.81. The first-order chi connectivity index (χ1) is 8.53. The first-order valence-electron chi connectivity index (χ1n) is 8.12. The van der Waals surface area contributed by atoms with Crippen molar-refractivity contribution in [2.45, 2.75) is 78.5 Å². The van der Waals surface area contributed by atoms with Crippen molar-refractivity contribution < 1.29 is 4.57 Å². The van der Waals surface area contributed by atoms with Crippen molar-refractivity contribution >= 4 is 7.14 Å². The summed E-state index contributed by atoms with van der Waals surface area (Å²) in [5.74, 6) is 2.14. The summed E-state index contributed by atoms with van der Waals surface area (Å²) in [4.78, 5) is 0. The van der Waals surface area contributed by atoms with E-state index in [1.165, 1.54) is 19.3 Å². The fourth-order valence-corrected chi connectivity index (χ4v) is 10.2. The number of rotatable bonds is 2. The summed E-state index contributed by atoms with van der Waals surface area (Å²) in [6.07, 6.45) is 4.82. The number of hydrogen-bond acceptors (Lipinski definition) is 1. The Morgan fingerprint density at radius 1 is 1.11 bits per heavy atom. The van der Waals surface area contributed by atoms with E-state index in [1.807, 2.05) is 0 Å². The minimum Gasteiger partial charge on any atom is -0.323 e. The summed E-state index contributed by atoms with van der Waals surface area (Å²) in [6, 6.07) is 0. The van der Waals surface area contributed by atoms with Gasteiger partial charge in [0.25, 0.3) is 0 Å². The maximum absolute atomic E-state index is 13.8. The standard InChI is InChI=1S/C17H33OP/c1-12(2)14-9-8-13(3)10-15(14)19(18)11-16(4,5)17(19,6)7/h12-15H,8-11H2,1-7H3/t13-,14+,15-,19+/m1/s1. The van der Waals surface area contributed by atoms with Gasteiger partial charge in [-0.15, -0.1) is 0 Å². The van der Waals surface area contributed by atoms with Crippen molar-refractivity contribution in [2.75, 3.05) is 6.16 Å². The molecule has 2 heteroatoms. The van der Waals surface area contributed by atoms with Gasteiger partial charge in [-0.05, 0) is 36.0 Å². The molecule has 0 N–H and O–H groups in total. The molecule has 2 aliphatic rings. The van der Waals surface area contributed by atoms with Crippen LogP contribution in [0.3, 0.4) is 0 Å². The third-order valence-electron chi connectivity index (χ3n) is 6.76. The van der Waals surface area contributed by atoms with E-state index in [0.29, 0.717) is 17.5 Å². The lowest BCUT2D eigenvalue weighted by molar-refractivity contribution is 0.200. The molecule has 0 radical (unpaired) electrons. The molecule has 1 saturated carbocycles. The van der Waals surface area contributed by atoms with Crippen LogP contribution in [0.1, 0.15) is 67.7 Å². The van der Waals surface area contributed by atoms with Crippen molar-refractivity contribution in [1.82, 2.24) is 0 Å². The first kappa shape index (κ1) is 15.6. The third kappa shape index (κ3) is 2.15. The van der Waals surface area contributed by atoms with E-state index in [-0.39, 0.29) is 10.6 Å². The third-order valence-corrected chi connectivity index (χ3v) is 12.2. The Bertz CT molecular complexity index is 394. The van der Waals surface area contributed by atoms with Crippen LogP contribution < -0.4 is 0 Å². The normalized spacial score (nSPS) is 44.9. The van der Waals surface area contributed by atoms with Crippen LogP contribution in [-0.4, -0.2) is 17.0 Å². The van der Waals surface area contributed by atoms with E-state index in [9.17, 15) is 4.57 Å². The Balaban J connectivity index is 2.31. The van der Waals surface area contributed by atoms with Crippen LogP contribution in [0.5, 0.6) is 0 Å². The maximum Gasteiger partial charge on any atom is 0.0973 e. The smallest absolute Gasteiger partial charge is 0.0973 e. The van der Waals surface area contributed by atoms with Crippen molar-refractivity contribution in [1.29, 1.82) is 0 Å². The van der Waals surface area contributed by atoms with Gasteiger partial charge in [-0.2, -0.15) is 0 Å². The van der Waals surface area contributed by atoms with Crippen LogP contribution in [0.4, 0.5) is 0 Å². The highest BCUT2D eigenvalue weighted by Gasteiger charge is 2.65. The molecule has 1 saturated heterocycles. The summed E-state index contributed by atoms with van der Waals surface area (Å²) < 4.78 is 13.8. The molecule has 4 atom stereocenters. The highest BCUT2D eigenvalue weighted by molar-refractivity contribution is 7.68. The van der Waals surface area contributed by atoms with Gasteiger partial charge in [0.05, 0.1) is 7.14 Å². The average Bonchev–Trinajstić information content (AvgIpc) is 2.27. The Labute approximate surface area is 120 Å². The van der Waals surface area contributed by atoms with Gasteiger partial charge < -0.3 is 4.57 Å². The van der Waals surface area contributed by atoms with Gasteiger partial charge >= 0.3 is 0 Å². The monoisotopic (exact) mass is 284 g/mol. The van der Waals surface area contributed by atoms with E-state index in [1.54, 1.807) is 0 Å². The molecule has 1 heterocycles. The van der Waals surface area contributed by atoms with Crippen LogP contribution >= 0.6 is 7.14 Å². The Morgan fingerprint density at radius 2 is 1.68 bits per heavy atom. The zero-order valence-electron chi connectivity index (χ0n) is 14.0. The predicted octanol–water partition coefficient (Wildman–Crippen LogP) is 5.63. The second-order valence-corrected chi connectivity index (χ2v) is 12.5. The molecule has 1 nitrogen and oxygen atoms in total. The maximum atomic E-state index is 13.8. The fourth-order valence-electron chi connectivity index (χ4n) is 4.56. The number of hydrogen-bond donors (Lipinski definition) is 0. The van der Waals surface area contributed by atoms with Gasteiger partial charge in [-0.25, -0.2) is 0 Å². The van der Waals surface area contributed by atoms with Crippen LogP contribution in [-0.2, 0) is 4.57 Å². The summed E-state index contributed by atoms with van der Waals surface area (Å²) in [6.45, 7) is 16.2. The lowest BCUT2D eigenvalue weighted by Crippen LogP contribution is -2.57. The van der Waals surface area contributed by atoms with E-state index in [2.05, 4.69) is 48.5 Å². The summed E-state index contributed by atoms with van der Waals surface area (Å²) in [7, 11) is -2.04. The van der Waals surface area contributed by atoms with E-state index < -0.39 is 7.14 Å². The molecule has 0 unspecified atom stereocenters. The van der Waals surface area contributed by atoms with E-state index in [4.69, 9.17) is 0 Å². The molecule has 0 aromatic carbocycles. The summed E-state index contributed by atoms with van der Waals surface area (Å²) >= 11 is 0. The molecule has 1 aliphatic heterocycles.